The van der Waals surface area contributed by atoms with Gasteiger partial charge >= 0.3 is 5.69 Å². The maximum absolute atomic E-state index is 12.4. The second-order valence-electron chi connectivity index (χ2n) is 5.95. The molecule has 25 heavy (non-hydrogen) atoms. The lowest BCUT2D eigenvalue weighted by Crippen LogP contribution is -2.42. The number of nitrogens with zero attached hydrogens (tertiary/aromatic N) is 2. The van der Waals surface area contributed by atoms with Gasteiger partial charge in [-0.15, -0.1) is 0 Å². The molecule has 1 amide bonds. The van der Waals surface area contributed by atoms with E-state index in [2.05, 4.69) is 15.2 Å². The molecule has 1 saturated heterocycles. The first kappa shape index (κ1) is 16.8. The van der Waals surface area contributed by atoms with Crippen molar-refractivity contribution in [2.24, 2.45) is 7.05 Å². The quantitative estimate of drug-likeness (QED) is 0.819. The second-order valence-corrected chi connectivity index (χ2v) is 5.95. The Morgan fingerprint density at radius 1 is 1.32 bits per heavy atom. The summed E-state index contributed by atoms with van der Waals surface area (Å²) in [5.74, 6) is 0.299. The van der Waals surface area contributed by atoms with Gasteiger partial charge in [0.15, 0.2) is 0 Å². The summed E-state index contributed by atoms with van der Waals surface area (Å²) in [5, 5.41) is 2.86. The minimum absolute atomic E-state index is 0.0714. The fourth-order valence-corrected chi connectivity index (χ4v) is 2.98. The first-order chi connectivity index (χ1) is 12.0. The smallest absolute Gasteiger partial charge is 0.328 e. The number of carbonyl (C=O) groups excluding carboxylic acids is 1. The molecule has 8 heteroatoms. The SMILES string of the molecule is COc1ccccc1N1CCC(NC(=O)c2c[nH]c(=O)n(C)c2=O)C1. The summed E-state index contributed by atoms with van der Waals surface area (Å²) in [4.78, 5) is 40.3. The minimum atomic E-state index is -0.610. The average Bonchev–Trinajstić information content (AvgIpc) is 3.07. The van der Waals surface area contributed by atoms with Crippen LogP contribution in [0, 0.1) is 0 Å². The summed E-state index contributed by atoms with van der Waals surface area (Å²) >= 11 is 0. The number of H-pyrrole nitrogens is 1. The molecule has 0 radical (unpaired) electrons. The summed E-state index contributed by atoms with van der Waals surface area (Å²) < 4.78 is 6.26. The average molecular weight is 344 g/mol. The lowest BCUT2D eigenvalue weighted by Gasteiger charge is -2.21. The van der Waals surface area contributed by atoms with E-state index in [1.807, 2.05) is 24.3 Å². The Kier molecular flexibility index (Phi) is 4.60. The molecule has 1 aromatic heterocycles. The summed E-state index contributed by atoms with van der Waals surface area (Å²) in [6.07, 6.45) is 1.92. The molecule has 1 fully saturated rings. The largest absolute Gasteiger partial charge is 0.495 e. The number of benzene rings is 1. The Morgan fingerprint density at radius 3 is 2.84 bits per heavy atom. The van der Waals surface area contributed by atoms with Gasteiger partial charge in [-0.2, -0.15) is 0 Å². The van der Waals surface area contributed by atoms with Crippen LogP contribution in [0.1, 0.15) is 16.8 Å². The zero-order chi connectivity index (χ0) is 18.0. The molecule has 0 spiro atoms. The molecule has 1 unspecified atom stereocenters. The molecule has 0 bridgehead atoms. The van der Waals surface area contributed by atoms with Crippen molar-refractivity contribution in [3.63, 3.8) is 0 Å². The third-order valence-electron chi connectivity index (χ3n) is 4.37. The van der Waals surface area contributed by atoms with Gasteiger partial charge in [-0.3, -0.25) is 14.2 Å². The topological polar surface area (TPSA) is 96.4 Å². The third-order valence-corrected chi connectivity index (χ3v) is 4.37. The molecule has 2 aromatic rings. The molecule has 132 valence electrons. The van der Waals surface area contributed by atoms with Crippen LogP contribution in [0.15, 0.2) is 40.1 Å². The fraction of sp³-hybridized carbons (Fsp3) is 0.353. The highest BCUT2D eigenvalue weighted by Gasteiger charge is 2.27. The highest BCUT2D eigenvalue weighted by Crippen LogP contribution is 2.30. The van der Waals surface area contributed by atoms with Crippen molar-refractivity contribution in [3.8, 4) is 5.75 Å². The number of rotatable bonds is 4. The van der Waals surface area contributed by atoms with E-state index in [1.54, 1.807) is 7.11 Å². The molecule has 1 aromatic carbocycles. The maximum atomic E-state index is 12.4. The van der Waals surface area contributed by atoms with Crippen LogP contribution in [0.25, 0.3) is 0 Å². The summed E-state index contributed by atoms with van der Waals surface area (Å²) in [5.41, 5.74) is -0.259. The van der Waals surface area contributed by atoms with Gasteiger partial charge in [0.2, 0.25) is 0 Å². The Hall–Kier alpha value is -3.03. The number of amides is 1. The molecule has 1 aliphatic rings. The number of aromatic amines is 1. The molecule has 0 aliphatic carbocycles. The van der Waals surface area contributed by atoms with E-state index in [0.29, 0.717) is 6.54 Å². The van der Waals surface area contributed by atoms with E-state index < -0.39 is 17.2 Å². The molecular formula is C17H20N4O4. The van der Waals surface area contributed by atoms with Crippen LogP contribution in [0.2, 0.25) is 0 Å². The van der Waals surface area contributed by atoms with Gasteiger partial charge in [-0.05, 0) is 18.6 Å². The van der Waals surface area contributed by atoms with E-state index >= 15 is 0 Å². The van der Waals surface area contributed by atoms with E-state index in [9.17, 15) is 14.4 Å². The number of ether oxygens (including phenoxy) is 1. The number of hydrogen-bond donors (Lipinski definition) is 2. The number of aromatic nitrogens is 2. The van der Waals surface area contributed by atoms with Gasteiger partial charge in [0, 0.05) is 32.4 Å². The molecular weight excluding hydrogens is 324 g/mol. The zero-order valence-corrected chi connectivity index (χ0v) is 14.1. The van der Waals surface area contributed by atoms with Gasteiger partial charge in [-0.1, -0.05) is 12.1 Å². The van der Waals surface area contributed by atoms with Crippen LogP contribution in [-0.2, 0) is 7.05 Å². The van der Waals surface area contributed by atoms with Gasteiger partial charge in [0.25, 0.3) is 11.5 Å². The number of anilines is 1. The van der Waals surface area contributed by atoms with Crippen molar-refractivity contribution < 1.29 is 9.53 Å². The van der Waals surface area contributed by atoms with E-state index in [4.69, 9.17) is 4.74 Å². The standard InChI is InChI=1S/C17H20N4O4/c1-20-16(23)12(9-18-17(20)24)15(22)19-11-7-8-21(10-11)13-5-3-4-6-14(13)25-2/h3-6,9,11H,7-8,10H2,1-2H3,(H,18,24)(H,19,22). The lowest BCUT2D eigenvalue weighted by molar-refractivity contribution is 0.0937. The maximum Gasteiger partial charge on any atom is 0.328 e. The first-order valence-corrected chi connectivity index (χ1v) is 7.99. The zero-order valence-electron chi connectivity index (χ0n) is 14.1. The number of methoxy groups -OCH3 is 1. The second kappa shape index (κ2) is 6.84. The van der Waals surface area contributed by atoms with Crippen molar-refractivity contribution in [1.82, 2.24) is 14.9 Å². The van der Waals surface area contributed by atoms with Crippen LogP contribution in [0.5, 0.6) is 5.75 Å². The molecule has 2 N–H and O–H groups in total. The normalized spacial score (nSPS) is 16.7. The Balaban J connectivity index is 1.71. The van der Waals surface area contributed by atoms with Gasteiger partial charge < -0.3 is 19.9 Å². The Labute approximate surface area is 144 Å². The van der Waals surface area contributed by atoms with Gasteiger partial charge in [0.1, 0.15) is 11.3 Å². The van der Waals surface area contributed by atoms with Crippen LogP contribution in [-0.4, -0.2) is 41.7 Å². The van der Waals surface area contributed by atoms with Crippen LogP contribution in [0.4, 0.5) is 5.69 Å². The predicted octanol–water partition coefficient (Wildman–Crippen LogP) is 0.0909. The van der Waals surface area contributed by atoms with Gasteiger partial charge in [0.05, 0.1) is 12.8 Å². The van der Waals surface area contributed by atoms with Crippen LogP contribution < -0.4 is 26.2 Å². The van der Waals surface area contributed by atoms with E-state index in [1.165, 1.54) is 7.05 Å². The van der Waals surface area contributed by atoms with Crippen LogP contribution in [0.3, 0.4) is 0 Å². The van der Waals surface area contributed by atoms with Crippen molar-refractivity contribution >= 4 is 11.6 Å². The summed E-state index contributed by atoms with van der Waals surface area (Å²) in [7, 11) is 2.96. The Bertz CT molecular complexity index is 902. The molecule has 8 nitrogen and oxygen atoms in total. The number of hydrogen-bond acceptors (Lipinski definition) is 5. The molecule has 0 saturated carbocycles. The first-order valence-electron chi connectivity index (χ1n) is 7.99. The van der Waals surface area contributed by atoms with E-state index in [-0.39, 0.29) is 11.6 Å². The summed E-state index contributed by atoms with van der Waals surface area (Å²) in [6.45, 7) is 1.39. The van der Waals surface area contributed by atoms with Crippen molar-refractivity contribution in [3.05, 3.63) is 56.9 Å². The van der Waals surface area contributed by atoms with Crippen LogP contribution >= 0.6 is 0 Å². The lowest BCUT2D eigenvalue weighted by atomic mass is 10.2. The minimum Gasteiger partial charge on any atom is -0.495 e. The van der Waals surface area contributed by atoms with Crippen molar-refractivity contribution in [1.29, 1.82) is 0 Å². The Morgan fingerprint density at radius 2 is 2.08 bits per heavy atom. The molecule has 2 heterocycles. The highest BCUT2D eigenvalue weighted by molar-refractivity contribution is 5.93. The fourth-order valence-electron chi connectivity index (χ4n) is 2.98. The number of para-hydroxylation sites is 2. The molecule has 1 aliphatic heterocycles. The predicted molar refractivity (Wildman–Crippen MR) is 93.4 cm³/mol. The summed E-state index contributed by atoms with van der Waals surface area (Å²) in [6, 6.07) is 7.62. The molecule has 1 atom stereocenters. The third kappa shape index (κ3) is 3.28. The van der Waals surface area contributed by atoms with Crippen molar-refractivity contribution in [2.75, 3.05) is 25.1 Å². The highest BCUT2D eigenvalue weighted by atomic mass is 16.5. The van der Waals surface area contributed by atoms with Crippen molar-refractivity contribution in [2.45, 2.75) is 12.5 Å². The number of carbonyl (C=O) groups is 1. The van der Waals surface area contributed by atoms with E-state index in [0.717, 1.165) is 35.2 Å². The monoisotopic (exact) mass is 344 g/mol. The number of nitrogens with one attached hydrogen (secondary N) is 2. The van der Waals surface area contributed by atoms with Gasteiger partial charge in [-0.25, -0.2) is 4.79 Å². The molecule has 3 rings (SSSR count).